The van der Waals surface area contributed by atoms with Crippen LogP contribution in [0.5, 0.6) is 5.75 Å². The third-order valence-electron chi connectivity index (χ3n) is 2.42. The molecule has 0 heterocycles. The molecule has 0 saturated heterocycles. The maximum absolute atomic E-state index is 13.3. The van der Waals surface area contributed by atoms with Gasteiger partial charge in [0.1, 0.15) is 18.0 Å². The minimum atomic E-state index is -0.922. The monoisotopic (exact) mass is 254 g/mol. The van der Waals surface area contributed by atoms with Crippen LogP contribution in [-0.4, -0.2) is 18.7 Å². The van der Waals surface area contributed by atoms with Gasteiger partial charge in [-0.1, -0.05) is 6.92 Å². The lowest BCUT2D eigenvalue weighted by Gasteiger charge is -2.23. The van der Waals surface area contributed by atoms with Gasteiger partial charge in [0, 0.05) is 6.07 Å². The van der Waals surface area contributed by atoms with Gasteiger partial charge in [-0.25, -0.2) is 8.78 Å². The quantitative estimate of drug-likeness (QED) is 0.848. The van der Waals surface area contributed by atoms with Crippen molar-refractivity contribution in [3.63, 3.8) is 0 Å². The Balaban J connectivity index is 2.68. The smallest absolute Gasteiger partial charge is 0.165 e. The number of nitriles is 1. The summed E-state index contributed by atoms with van der Waals surface area (Å²) in [6.07, 6.45) is 0.867. The number of hydrogen-bond acceptors (Lipinski definition) is 3. The van der Waals surface area contributed by atoms with Crippen molar-refractivity contribution in [2.24, 2.45) is 0 Å². The normalized spacial score (nSPS) is 13.7. The number of hydrogen-bond donors (Lipinski definition) is 1. The summed E-state index contributed by atoms with van der Waals surface area (Å²) >= 11 is 0. The number of nitrogens with zero attached hydrogens (tertiary/aromatic N) is 1. The molecule has 1 aromatic rings. The summed E-state index contributed by atoms with van der Waals surface area (Å²) in [4.78, 5) is 0. The molecule has 0 spiro atoms. The molecule has 5 heteroatoms. The largest absolute Gasteiger partial charge is 0.487 e. The second-order valence-corrected chi connectivity index (χ2v) is 4.23. The molecule has 1 rings (SSSR count). The van der Waals surface area contributed by atoms with Crippen molar-refractivity contribution in [2.45, 2.75) is 25.8 Å². The van der Waals surface area contributed by atoms with Crippen molar-refractivity contribution in [1.29, 1.82) is 5.26 Å². The van der Waals surface area contributed by atoms with Gasteiger partial charge in [0.2, 0.25) is 0 Å². The molecule has 18 heavy (non-hydrogen) atoms. The van der Waals surface area contributed by atoms with E-state index in [1.165, 1.54) is 0 Å². The number of benzene rings is 1. The summed E-state index contributed by atoms with van der Waals surface area (Å²) in [5.74, 6) is -1.41. The minimum absolute atomic E-state index is 0.0517. The molecule has 0 amide bonds. The highest BCUT2D eigenvalue weighted by Crippen LogP contribution is 2.19. The second kappa shape index (κ2) is 6.31. The van der Waals surface area contributed by atoms with Crippen molar-refractivity contribution in [1.82, 2.24) is 5.32 Å². The molecule has 0 fully saturated rings. The van der Waals surface area contributed by atoms with Crippen LogP contribution in [0.15, 0.2) is 18.2 Å². The SMILES string of the molecule is CCCNC(C)(C#N)COc1cc(F)ccc1F. The van der Waals surface area contributed by atoms with E-state index in [2.05, 4.69) is 11.4 Å². The third kappa shape index (κ3) is 3.97. The Kier molecular flexibility index (Phi) is 5.05. The first-order valence-corrected chi connectivity index (χ1v) is 5.75. The van der Waals surface area contributed by atoms with Gasteiger partial charge >= 0.3 is 0 Å². The highest BCUT2D eigenvalue weighted by Gasteiger charge is 2.24. The standard InChI is InChI=1S/C13H16F2N2O/c1-3-6-17-13(2,8-16)9-18-12-7-10(14)4-5-11(12)15/h4-5,7,17H,3,6,9H2,1-2H3. The average Bonchev–Trinajstić information content (AvgIpc) is 2.37. The summed E-state index contributed by atoms with van der Waals surface area (Å²) in [5, 5.41) is 12.1. The number of rotatable bonds is 6. The summed E-state index contributed by atoms with van der Waals surface area (Å²) in [6, 6.07) is 5.04. The molecule has 1 atom stereocenters. The van der Waals surface area contributed by atoms with Gasteiger partial charge in [-0.3, -0.25) is 5.32 Å². The molecule has 0 radical (unpaired) electrons. The van der Waals surface area contributed by atoms with Crippen LogP contribution in [0.1, 0.15) is 20.3 Å². The Morgan fingerprint density at radius 2 is 2.17 bits per heavy atom. The van der Waals surface area contributed by atoms with E-state index in [0.29, 0.717) is 6.54 Å². The summed E-state index contributed by atoms with van der Waals surface area (Å²) in [7, 11) is 0. The zero-order valence-corrected chi connectivity index (χ0v) is 10.5. The highest BCUT2D eigenvalue weighted by atomic mass is 19.1. The molecule has 3 nitrogen and oxygen atoms in total. The number of nitrogens with one attached hydrogen (secondary N) is 1. The Morgan fingerprint density at radius 3 is 2.78 bits per heavy atom. The van der Waals surface area contributed by atoms with Gasteiger partial charge in [-0.2, -0.15) is 5.26 Å². The van der Waals surface area contributed by atoms with E-state index in [0.717, 1.165) is 24.6 Å². The van der Waals surface area contributed by atoms with Gasteiger partial charge in [0.25, 0.3) is 0 Å². The molecule has 1 unspecified atom stereocenters. The molecular weight excluding hydrogens is 238 g/mol. The van der Waals surface area contributed by atoms with E-state index in [4.69, 9.17) is 10.00 Å². The lowest BCUT2D eigenvalue weighted by Crippen LogP contribution is -2.46. The molecule has 0 aliphatic heterocycles. The maximum Gasteiger partial charge on any atom is 0.165 e. The molecule has 98 valence electrons. The maximum atomic E-state index is 13.3. The average molecular weight is 254 g/mol. The third-order valence-corrected chi connectivity index (χ3v) is 2.42. The van der Waals surface area contributed by atoms with E-state index < -0.39 is 17.2 Å². The summed E-state index contributed by atoms with van der Waals surface area (Å²) < 4.78 is 31.4. The fourth-order valence-electron chi connectivity index (χ4n) is 1.33. The first kappa shape index (κ1) is 14.4. The molecule has 0 aliphatic carbocycles. The van der Waals surface area contributed by atoms with Gasteiger partial charge in [0.15, 0.2) is 11.6 Å². The zero-order valence-electron chi connectivity index (χ0n) is 10.5. The van der Waals surface area contributed by atoms with E-state index in [9.17, 15) is 8.78 Å². The summed E-state index contributed by atoms with van der Waals surface area (Å²) in [6.45, 7) is 4.22. The van der Waals surface area contributed by atoms with Crippen LogP contribution in [0.25, 0.3) is 0 Å². The van der Waals surface area contributed by atoms with Crippen LogP contribution in [0.3, 0.4) is 0 Å². The Labute approximate surface area is 105 Å². The predicted molar refractivity (Wildman–Crippen MR) is 64.2 cm³/mol. The Morgan fingerprint density at radius 1 is 1.44 bits per heavy atom. The fraction of sp³-hybridized carbons (Fsp3) is 0.462. The van der Waals surface area contributed by atoms with Crippen LogP contribution >= 0.6 is 0 Å². The highest BCUT2D eigenvalue weighted by molar-refractivity contribution is 5.25. The fourth-order valence-corrected chi connectivity index (χ4v) is 1.33. The number of ether oxygens (including phenoxy) is 1. The van der Waals surface area contributed by atoms with Crippen molar-refractivity contribution in [3.8, 4) is 11.8 Å². The van der Waals surface area contributed by atoms with Crippen LogP contribution in [0.4, 0.5) is 8.78 Å². The molecule has 1 aromatic carbocycles. The van der Waals surface area contributed by atoms with E-state index in [1.54, 1.807) is 6.92 Å². The van der Waals surface area contributed by atoms with Crippen molar-refractivity contribution in [2.75, 3.05) is 13.2 Å². The van der Waals surface area contributed by atoms with Crippen molar-refractivity contribution >= 4 is 0 Å². The zero-order chi connectivity index (χ0) is 13.6. The lowest BCUT2D eigenvalue weighted by molar-refractivity contribution is 0.225. The Hall–Kier alpha value is -1.67. The molecule has 0 aliphatic rings. The van der Waals surface area contributed by atoms with E-state index in [-0.39, 0.29) is 12.4 Å². The van der Waals surface area contributed by atoms with Crippen LogP contribution in [0, 0.1) is 23.0 Å². The lowest BCUT2D eigenvalue weighted by atomic mass is 10.1. The van der Waals surface area contributed by atoms with E-state index in [1.807, 2.05) is 6.92 Å². The van der Waals surface area contributed by atoms with Crippen molar-refractivity contribution < 1.29 is 13.5 Å². The number of halogens is 2. The minimum Gasteiger partial charge on any atom is -0.487 e. The first-order chi connectivity index (χ1) is 8.50. The molecule has 1 N–H and O–H groups in total. The van der Waals surface area contributed by atoms with Gasteiger partial charge < -0.3 is 4.74 Å². The van der Waals surface area contributed by atoms with Gasteiger partial charge in [-0.05, 0) is 32.0 Å². The van der Waals surface area contributed by atoms with Crippen LogP contribution < -0.4 is 10.1 Å². The van der Waals surface area contributed by atoms with Crippen LogP contribution in [0.2, 0.25) is 0 Å². The predicted octanol–water partition coefficient (Wildman–Crippen LogP) is 2.63. The molecule has 0 bridgehead atoms. The topological polar surface area (TPSA) is 45.0 Å². The van der Waals surface area contributed by atoms with E-state index >= 15 is 0 Å². The second-order valence-electron chi connectivity index (χ2n) is 4.23. The summed E-state index contributed by atoms with van der Waals surface area (Å²) in [5.41, 5.74) is -0.922. The molecular formula is C13H16F2N2O. The Bertz CT molecular complexity index is 445. The first-order valence-electron chi connectivity index (χ1n) is 5.75. The molecule has 0 saturated carbocycles. The van der Waals surface area contributed by atoms with Gasteiger partial charge in [-0.15, -0.1) is 0 Å². The van der Waals surface area contributed by atoms with Crippen molar-refractivity contribution in [3.05, 3.63) is 29.8 Å². The van der Waals surface area contributed by atoms with Crippen LogP contribution in [-0.2, 0) is 0 Å². The van der Waals surface area contributed by atoms with Gasteiger partial charge in [0.05, 0.1) is 6.07 Å². The molecule has 0 aromatic heterocycles.